The number of likely N-dealkylation sites (tertiary alicyclic amines) is 1. The molecule has 8 heteroatoms. The Labute approximate surface area is 228 Å². The van der Waals surface area contributed by atoms with Gasteiger partial charge in [-0.3, -0.25) is 14.5 Å². The molecule has 0 radical (unpaired) electrons. The van der Waals surface area contributed by atoms with E-state index in [1.807, 2.05) is 24.3 Å². The molecule has 1 aliphatic rings. The lowest BCUT2D eigenvalue weighted by Crippen LogP contribution is -2.38. The van der Waals surface area contributed by atoms with Crippen LogP contribution in [-0.2, 0) is 9.59 Å². The van der Waals surface area contributed by atoms with E-state index in [1.165, 1.54) is 6.08 Å². The number of aliphatic hydroxyl groups is 1. The molecule has 5 N–H and O–H groups in total. The highest BCUT2D eigenvalue weighted by atomic mass is 16.3. The molecule has 1 fully saturated rings. The van der Waals surface area contributed by atoms with Crippen LogP contribution in [0.25, 0.3) is 6.08 Å². The number of nitrogens with zero attached hydrogens (tertiary/aromatic N) is 2. The fourth-order valence-electron chi connectivity index (χ4n) is 4.84. The normalized spacial score (nSPS) is 17.6. The quantitative estimate of drug-likeness (QED) is 0.258. The first-order valence-corrected chi connectivity index (χ1v) is 12.8. The van der Waals surface area contributed by atoms with E-state index in [4.69, 9.17) is 11.0 Å². The zero-order chi connectivity index (χ0) is 28.0. The van der Waals surface area contributed by atoms with Crippen LogP contribution >= 0.6 is 0 Å². The van der Waals surface area contributed by atoms with Gasteiger partial charge in [-0.2, -0.15) is 5.26 Å². The molecular weight excluding hydrogens is 490 g/mol. The van der Waals surface area contributed by atoms with Gasteiger partial charge < -0.3 is 21.5 Å². The SMILES string of the molecule is CC(C)(O)CN1CC(C(=O)Nc2ccc(C#N)cc2)C(c2ccc(/C=C/C(=O)Nc3ccccc3N)cc2)C1. The van der Waals surface area contributed by atoms with Gasteiger partial charge in [-0.15, -0.1) is 0 Å². The summed E-state index contributed by atoms with van der Waals surface area (Å²) in [6.45, 7) is 5.11. The number of benzene rings is 3. The molecule has 0 spiro atoms. The van der Waals surface area contributed by atoms with E-state index in [0.29, 0.717) is 42.3 Å². The topological polar surface area (TPSA) is 131 Å². The molecule has 200 valence electrons. The maximum atomic E-state index is 13.4. The number of nitriles is 1. The van der Waals surface area contributed by atoms with Crippen LogP contribution in [0.2, 0.25) is 0 Å². The van der Waals surface area contributed by atoms with Crippen molar-refractivity contribution in [1.29, 1.82) is 5.26 Å². The third-order valence-corrected chi connectivity index (χ3v) is 6.63. The summed E-state index contributed by atoms with van der Waals surface area (Å²) >= 11 is 0. The van der Waals surface area contributed by atoms with Crippen molar-refractivity contribution in [2.24, 2.45) is 5.92 Å². The number of β-amino-alcohol motifs (C(OH)–C–C–N with tert-alkyl or cyclic N) is 1. The molecule has 0 aliphatic carbocycles. The number of nitrogens with two attached hydrogens (primary N) is 1. The van der Waals surface area contributed by atoms with E-state index >= 15 is 0 Å². The summed E-state index contributed by atoms with van der Waals surface area (Å²) in [7, 11) is 0. The average Bonchev–Trinajstić information content (AvgIpc) is 3.32. The summed E-state index contributed by atoms with van der Waals surface area (Å²) < 4.78 is 0. The van der Waals surface area contributed by atoms with E-state index < -0.39 is 5.60 Å². The highest BCUT2D eigenvalue weighted by Gasteiger charge is 2.39. The summed E-state index contributed by atoms with van der Waals surface area (Å²) in [5, 5.41) is 25.2. The second-order valence-electron chi connectivity index (χ2n) is 10.5. The Morgan fingerprint density at radius 1 is 1.05 bits per heavy atom. The highest BCUT2D eigenvalue weighted by Crippen LogP contribution is 2.34. The minimum Gasteiger partial charge on any atom is -0.397 e. The summed E-state index contributed by atoms with van der Waals surface area (Å²) in [6, 6.07) is 23.7. The van der Waals surface area contributed by atoms with E-state index in [2.05, 4.69) is 21.6 Å². The molecule has 8 nitrogen and oxygen atoms in total. The first kappa shape index (κ1) is 27.6. The highest BCUT2D eigenvalue weighted by molar-refractivity contribution is 6.03. The van der Waals surface area contributed by atoms with Crippen LogP contribution in [0.15, 0.2) is 78.9 Å². The zero-order valence-corrected chi connectivity index (χ0v) is 22.1. The number of amides is 2. The zero-order valence-electron chi connectivity index (χ0n) is 22.1. The Kier molecular flexibility index (Phi) is 8.45. The number of carbonyl (C=O) groups is 2. The molecule has 0 bridgehead atoms. The van der Waals surface area contributed by atoms with Crippen molar-refractivity contribution in [2.75, 3.05) is 36.0 Å². The Morgan fingerprint density at radius 2 is 1.74 bits per heavy atom. The Balaban J connectivity index is 1.47. The summed E-state index contributed by atoms with van der Waals surface area (Å²) in [4.78, 5) is 27.8. The number of carbonyl (C=O) groups excluding carboxylic acids is 2. The van der Waals surface area contributed by atoms with Crippen molar-refractivity contribution in [3.05, 3.63) is 95.6 Å². The van der Waals surface area contributed by atoms with Crippen LogP contribution < -0.4 is 16.4 Å². The van der Waals surface area contributed by atoms with E-state index in [1.54, 1.807) is 68.5 Å². The van der Waals surface area contributed by atoms with E-state index in [9.17, 15) is 14.7 Å². The molecule has 0 aromatic heterocycles. The van der Waals surface area contributed by atoms with Gasteiger partial charge in [0.25, 0.3) is 0 Å². The van der Waals surface area contributed by atoms with Crippen LogP contribution in [0.1, 0.15) is 36.5 Å². The molecule has 2 amide bonds. The number of anilines is 3. The average molecular weight is 524 g/mol. The third-order valence-electron chi connectivity index (χ3n) is 6.63. The number of nitrogen functional groups attached to an aromatic ring is 1. The second-order valence-corrected chi connectivity index (χ2v) is 10.5. The lowest BCUT2D eigenvalue weighted by molar-refractivity contribution is -0.120. The van der Waals surface area contributed by atoms with Crippen molar-refractivity contribution in [1.82, 2.24) is 4.90 Å². The number of rotatable bonds is 8. The molecule has 1 aliphatic heterocycles. The first-order chi connectivity index (χ1) is 18.6. The van der Waals surface area contributed by atoms with Crippen molar-refractivity contribution in [2.45, 2.75) is 25.4 Å². The second kappa shape index (κ2) is 11.9. The largest absolute Gasteiger partial charge is 0.397 e. The molecule has 2 unspecified atom stereocenters. The summed E-state index contributed by atoms with van der Waals surface area (Å²) in [6.07, 6.45) is 3.18. The van der Waals surface area contributed by atoms with Crippen LogP contribution in [0.3, 0.4) is 0 Å². The molecule has 1 heterocycles. The summed E-state index contributed by atoms with van der Waals surface area (Å²) in [5.74, 6) is -0.794. The van der Waals surface area contributed by atoms with Crippen LogP contribution in [0, 0.1) is 17.2 Å². The van der Waals surface area contributed by atoms with Gasteiger partial charge in [0.2, 0.25) is 11.8 Å². The fraction of sp³-hybridized carbons (Fsp3) is 0.258. The third kappa shape index (κ3) is 7.54. The smallest absolute Gasteiger partial charge is 0.248 e. The molecule has 3 aromatic rings. The lowest BCUT2D eigenvalue weighted by Gasteiger charge is -2.25. The number of para-hydroxylation sites is 2. The van der Waals surface area contributed by atoms with Gasteiger partial charge in [0.05, 0.1) is 34.5 Å². The molecule has 1 saturated heterocycles. The van der Waals surface area contributed by atoms with Crippen molar-refractivity contribution in [3.8, 4) is 6.07 Å². The van der Waals surface area contributed by atoms with Gasteiger partial charge >= 0.3 is 0 Å². The molecule has 0 saturated carbocycles. The molecule has 39 heavy (non-hydrogen) atoms. The summed E-state index contributed by atoms with van der Waals surface area (Å²) in [5.41, 5.74) is 9.07. The fourth-order valence-corrected chi connectivity index (χ4v) is 4.84. The maximum absolute atomic E-state index is 13.4. The predicted octanol–water partition coefficient (Wildman–Crippen LogP) is 4.22. The monoisotopic (exact) mass is 523 g/mol. The van der Waals surface area contributed by atoms with E-state index in [0.717, 1.165) is 11.1 Å². The van der Waals surface area contributed by atoms with Gasteiger partial charge in [0.15, 0.2) is 0 Å². The number of nitrogens with one attached hydrogen (secondary N) is 2. The van der Waals surface area contributed by atoms with Crippen molar-refractivity contribution >= 4 is 35.0 Å². The maximum Gasteiger partial charge on any atom is 0.248 e. The van der Waals surface area contributed by atoms with E-state index in [-0.39, 0.29) is 23.7 Å². The van der Waals surface area contributed by atoms with Crippen molar-refractivity contribution < 1.29 is 14.7 Å². The first-order valence-electron chi connectivity index (χ1n) is 12.8. The lowest BCUT2D eigenvalue weighted by atomic mass is 9.88. The van der Waals surface area contributed by atoms with Gasteiger partial charge in [0, 0.05) is 37.3 Å². The Hall–Kier alpha value is -4.45. The van der Waals surface area contributed by atoms with Crippen LogP contribution in [-0.4, -0.2) is 47.1 Å². The van der Waals surface area contributed by atoms with Crippen LogP contribution in [0.4, 0.5) is 17.1 Å². The predicted molar refractivity (Wildman–Crippen MR) is 154 cm³/mol. The molecule has 2 atom stereocenters. The standard InChI is InChI=1S/C31H33N5O3/c1-31(2,39)20-36-18-25(26(19-36)30(38)34-24-14-9-22(17-32)10-15-24)23-12-7-21(8-13-23)11-16-29(37)35-28-6-4-3-5-27(28)33/h3-16,25-26,39H,18-20,33H2,1-2H3,(H,34,38)(H,35,37)/b16-11+. The van der Waals surface area contributed by atoms with Crippen molar-refractivity contribution in [3.63, 3.8) is 0 Å². The van der Waals surface area contributed by atoms with Gasteiger partial charge in [-0.05, 0) is 67.4 Å². The molecule has 4 rings (SSSR count). The molecular formula is C31H33N5O3. The minimum absolute atomic E-state index is 0.0758. The number of hydrogen-bond donors (Lipinski definition) is 4. The van der Waals surface area contributed by atoms with Gasteiger partial charge in [-0.25, -0.2) is 0 Å². The number of hydrogen-bond acceptors (Lipinski definition) is 6. The van der Waals surface area contributed by atoms with Crippen LogP contribution in [0.5, 0.6) is 0 Å². The van der Waals surface area contributed by atoms with Gasteiger partial charge in [0.1, 0.15) is 0 Å². The minimum atomic E-state index is -0.886. The molecule has 3 aromatic carbocycles. The van der Waals surface area contributed by atoms with Gasteiger partial charge in [-0.1, -0.05) is 36.4 Å². The Morgan fingerprint density at radius 3 is 2.38 bits per heavy atom. The Bertz CT molecular complexity index is 1390.